The van der Waals surface area contributed by atoms with E-state index in [1.807, 2.05) is 0 Å². The predicted octanol–water partition coefficient (Wildman–Crippen LogP) is 0.908. The number of halogens is 2. The van der Waals surface area contributed by atoms with Gasteiger partial charge in [-0.25, -0.2) is 8.42 Å². The van der Waals surface area contributed by atoms with Crippen molar-refractivity contribution in [1.29, 1.82) is 0 Å². The van der Waals surface area contributed by atoms with Gasteiger partial charge in [0.15, 0.2) is 0 Å². The van der Waals surface area contributed by atoms with Crippen LogP contribution in [0.2, 0.25) is 0 Å². The minimum Gasteiger partial charge on any atom is -0.435 e. The Morgan fingerprint density at radius 2 is 1.58 bits per heavy atom. The van der Waals surface area contributed by atoms with E-state index in [1.165, 1.54) is 26.2 Å². The maximum Gasteiger partial charge on any atom is 0.387 e. The number of aryl methyl sites for hydroxylation is 1. The molecule has 1 aliphatic carbocycles. The largest absolute Gasteiger partial charge is 0.435 e. The number of nitrogens with zero attached hydrogens (tertiary/aromatic N) is 3. The number of benzene rings is 1. The number of sulfonamides is 1. The molecule has 0 bridgehead atoms. The van der Waals surface area contributed by atoms with E-state index in [1.54, 1.807) is 12.1 Å². The van der Waals surface area contributed by atoms with Crippen LogP contribution in [0.15, 0.2) is 23.1 Å². The van der Waals surface area contributed by atoms with Gasteiger partial charge >= 0.3 is 18.4 Å². The normalized spacial score (nSPS) is 19.8. The van der Waals surface area contributed by atoms with Crippen LogP contribution in [0.25, 0.3) is 6.08 Å². The molecule has 2 amide bonds. The van der Waals surface area contributed by atoms with Gasteiger partial charge in [0.05, 0.1) is 18.1 Å². The van der Waals surface area contributed by atoms with E-state index in [9.17, 15) is 26.8 Å². The van der Waals surface area contributed by atoms with E-state index in [4.69, 9.17) is 4.74 Å². The molecule has 9 nitrogen and oxygen atoms in total. The molecule has 3 aliphatic rings. The van der Waals surface area contributed by atoms with Gasteiger partial charge in [-0.2, -0.15) is 13.1 Å². The molecular weight excluding hydrogens is 460 g/mol. The van der Waals surface area contributed by atoms with Crippen molar-refractivity contribution in [1.82, 2.24) is 14.1 Å². The Hall–Kier alpha value is -2.57. The minimum absolute atomic E-state index is 0.0378. The molecule has 0 atom stereocenters. The molecule has 0 aromatic heterocycles. The van der Waals surface area contributed by atoms with Gasteiger partial charge in [0.2, 0.25) is 10.0 Å². The number of amides is 2. The molecule has 2 fully saturated rings. The van der Waals surface area contributed by atoms with Gasteiger partial charge < -0.3 is 19.3 Å². The van der Waals surface area contributed by atoms with E-state index in [0.29, 0.717) is 38.3 Å². The lowest BCUT2D eigenvalue weighted by Gasteiger charge is -2.35. The molecule has 4 rings (SSSR count). The lowest BCUT2D eigenvalue weighted by molar-refractivity contribution is -0.154. The first-order valence-corrected chi connectivity index (χ1v) is 12.1. The minimum atomic E-state index is -3.75. The van der Waals surface area contributed by atoms with Crippen LogP contribution in [0.5, 0.6) is 5.75 Å². The highest BCUT2D eigenvalue weighted by Crippen LogP contribution is 2.32. The SMILES string of the molecule is O=C(C(=O)N1CCN(S(=O)(=O)C2=Cc3ccc(OC(F)F)cc3CC2)CC1)N1CCOCC1. The Labute approximate surface area is 190 Å². The average Bonchev–Trinajstić information content (AvgIpc) is 2.83. The molecule has 2 saturated heterocycles. The summed E-state index contributed by atoms with van der Waals surface area (Å²) in [6.45, 7) is -0.958. The van der Waals surface area contributed by atoms with Crippen LogP contribution >= 0.6 is 0 Å². The molecule has 0 radical (unpaired) electrons. The number of alkyl halides is 2. The highest BCUT2D eigenvalue weighted by atomic mass is 32.2. The van der Waals surface area contributed by atoms with Gasteiger partial charge in [0.25, 0.3) is 0 Å². The molecular formula is C21H25F2N3O6S. The highest BCUT2D eigenvalue weighted by Gasteiger charge is 2.35. The van der Waals surface area contributed by atoms with Gasteiger partial charge in [-0.1, -0.05) is 6.07 Å². The number of piperazine rings is 1. The van der Waals surface area contributed by atoms with Crippen LogP contribution in [0.1, 0.15) is 17.5 Å². The first-order valence-electron chi connectivity index (χ1n) is 10.7. The molecule has 0 saturated carbocycles. The van der Waals surface area contributed by atoms with Crippen molar-refractivity contribution in [2.75, 3.05) is 52.5 Å². The molecule has 1 aromatic carbocycles. The predicted molar refractivity (Wildman–Crippen MR) is 114 cm³/mol. The van der Waals surface area contributed by atoms with Crippen molar-refractivity contribution in [2.45, 2.75) is 19.5 Å². The number of allylic oxidation sites excluding steroid dienone is 1. The molecule has 1 aromatic rings. The smallest absolute Gasteiger partial charge is 0.387 e. The van der Waals surface area contributed by atoms with Crippen LogP contribution in [0, 0.1) is 0 Å². The highest BCUT2D eigenvalue weighted by molar-refractivity contribution is 7.93. The summed E-state index contributed by atoms with van der Waals surface area (Å²) in [5.41, 5.74) is 1.38. The molecule has 2 heterocycles. The maximum absolute atomic E-state index is 13.2. The lowest BCUT2D eigenvalue weighted by Crippen LogP contribution is -2.55. The fourth-order valence-corrected chi connectivity index (χ4v) is 5.77. The third kappa shape index (κ3) is 5.17. The first kappa shape index (κ1) is 23.6. The second-order valence-corrected chi connectivity index (χ2v) is 9.94. The van der Waals surface area contributed by atoms with Crippen molar-refractivity contribution in [3.05, 3.63) is 34.2 Å². The van der Waals surface area contributed by atoms with Gasteiger partial charge in [-0.3, -0.25) is 9.59 Å². The molecule has 0 spiro atoms. The van der Waals surface area contributed by atoms with E-state index in [2.05, 4.69) is 4.74 Å². The van der Waals surface area contributed by atoms with Crippen molar-refractivity contribution in [3.8, 4) is 5.75 Å². The molecule has 12 heteroatoms. The third-order valence-corrected chi connectivity index (χ3v) is 8.00. The number of fused-ring (bicyclic) bond motifs is 1. The van der Waals surface area contributed by atoms with Crippen LogP contribution < -0.4 is 4.74 Å². The number of ether oxygens (including phenoxy) is 2. The summed E-state index contributed by atoms with van der Waals surface area (Å²) in [6, 6.07) is 4.44. The number of carbonyl (C=O) groups excluding carboxylic acids is 2. The first-order chi connectivity index (χ1) is 15.8. The quantitative estimate of drug-likeness (QED) is 0.589. The van der Waals surface area contributed by atoms with Crippen molar-refractivity contribution < 1.29 is 36.3 Å². The topological polar surface area (TPSA) is 96.5 Å². The number of hydrogen-bond donors (Lipinski definition) is 0. The fraction of sp³-hybridized carbons (Fsp3) is 0.524. The van der Waals surface area contributed by atoms with Gasteiger partial charge in [-0.15, -0.1) is 0 Å². The summed E-state index contributed by atoms with van der Waals surface area (Å²) in [4.78, 5) is 28.0. The molecule has 33 heavy (non-hydrogen) atoms. The summed E-state index contributed by atoms with van der Waals surface area (Å²) in [6.07, 6.45) is 2.18. The average molecular weight is 486 g/mol. The summed E-state index contributed by atoms with van der Waals surface area (Å²) < 4.78 is 62.1. The van der Waals surface area contributed by atoms with Crippen LogP contribution in [-0.4, -0.2) is 93.4 Å². The van der Waals surface area contributed by atoms with Crippen LogP contribution in [0.3, 0.4) is 0 Å². The second kappa shape index (κ2) is 9.74. The monoisotopic (exact) mass is 485 g/mol. The molecule has 2 aliphatic heterocycles. The Kier molecular flexibility index (Phi) is 6.96. The second-order valence-electron chi connectivity index (χ2n) is 7.95. The Morgan fingerprint density at radius 1 is 0.939 bits per heavy atom. The van der Waals surface area contributed by atoms with E-state index >= 15 is 0 Å². The van der Waals surface area contributed by atoms with Gasteiger partial charge in [0.1, 0.15) is 5.75 Å². The summed E-state index contributed by atoms with van der Waals surface area (Å²) in [7, 11) is -3.75. The number of hydrogen-bond acceptors (Lipinski definition) is 6. The van der Waals surface area contributed by atoms with Gasteiger partial charge in [-0.05, 0) is 42.2 Å². The third-order valence-electron chi connectivity index (χ3n) is 5.98. The van der Waals surface area contributed by atoms with Crippen LogP contribution in [0.4, 0.5) is 8.78 Å². The zero-order valence-electron chi connectivity index (χ0n) is 17.9. The maximum atomic E-state index is 13.2. The number of rotatable bonds is 4. The number of morpholine rings is 1. The van der Waals surface area contributed by atoms with Crippen molar-refractivity contribution in [2.24, 2.45) is 0 Å². The Balaban J connectivity index is 1.39. The lowest BCUT2D eigenvalue weighted by atomic mass is 9.97. The van der Waals surface area contributed by atoms with Gasteiger partial charge in [0, 0.05) is 39.3 Å². The molecule has 0 N–H and O–H groups in total. The van der Waals surface area contributed by atoms with Crippen molar-refractivity contribution >= 4 is 27.9 Å². The van der Waals surface area contributed by atoms with Crippen LogP contribution in [-0.2, 0) is 30.8 Å². The zero-order chi connectivity index (χ0) is 23.6. The van der Waals surface area contributed by atoms with E-state index in [-0.39, 0.29) is 43.3 Å². The summed E-state index contributed by atoms with van der Waals surface area (Å²) in [5, 5.41) is 0. The van der Waals surface area contributed by atoms with Crippen molar-refractivity contribution in [3.63, 3.8) is 0 Å². The number of carbonyl (C=O) groups is 2. The summed E-state index contributed by atoms with van der Waals surface area (Å²) in [5.74, 6) is -1.17. The van der Waals surface area contributed by atoms with E-state index in [0.717, 1.165) is 5.56 Å². The standard InChI is InChI=1S/C21H25F2N3O6S/c22-21(23)32-17-3-1-16-14-18(4-2-15(16)13-17)33(29,30)26-7-5-24(6-8-26)19(27)20(28)25-9-11-31-12-10-25/h1,3,13-14,21H,2,4-12H2. The Morgan fingerprint density at radius 3 is 2.21 bits per heavy atom. The Bertz CT molecular complexity index is 1050. The fourth-order valence-electron chi connectivity index (χ4n) is 4.16. The van der Waals surface area contributed by atoms with E-state index < -0.39 is 28.4 Å². The summed E-state index contributed by atoms with van der Waals surface area (Å²) >= 11 is 0. The molecule has 180 valence electrons. The zero-order valence-corrected chi connectivity index (χ0v) is 18.7. The molecule has 0 unspecified atom stereocenters.